The highest BCUT2D eigenvalue weighted by atomic mass is 32.2. The first-order valence-electron chi connectivity index (χ1n) is 9.00. The minimum Gasteiger partial charge on any atom is -0.453 e. The molecule has 0 saturated carbocycles. The Morgan fingerprint density at radius 1 is 1.16 bits per heavy atom. The van der Waals surface area contributed by atoms with Crippen molar-refractivity contribution in [1.82, 2.24) is 8.96 Å². The molecule has 0 atom stereocenters. The predicted molar refractivity (Wildman–Crippen MR) is 110 cm³/mol. The fourth-order valence-corrected chi connectivity index (χ4v) is 4.48. The maximum absolute atomic E-state index is 15.0. The third-order valence-corrected chi connectivity index (χ3v) is 6.37. The van der Waals surface area contributed by atoms with Crippen LogP contribution in [0.25, 0.3) is 10.9 Å². The molecule has 9 heteroatoms. The van der Waals surface area contributed by atoms with E-state index >= 15 is 0 Å². The lowest BCUT2D eigenvalue weighted by Gasteiger charge is -2.12. The molecule has 0 aliphatic heterocycles. The number of carbonyl (C=O) groups excluding carboxylic acids is 1. The number of aromatic nitrogens is 2. The van der Waals surface area contributed by atoms with E-state index in [2.05, 4.69) is 4.98 Å². The van der Waals surface area contributed by atoms with Crippen LogP contribution in [0.3, 0.4) is 0 Å². The van der Waals surface area contributed by atoms with Crippen LogP contribution in [0, 0.1) is 24.1 Å². The van der Waals surface area contributed by atoms with Gasteiger partial charge in [-0.15, -0.1) is 0 Å². The third kappa shape index (κ3) is 3.53. The van der Waals surface area contributed by atoms with E-state index in [1.54, 1.807) is 12.1 Å². The second kappa shape index (κ2) is 7.66. The Morgan fingerprint density at radius 3 is 2.58 bits per heavy atom. The van der Waals surface area contributed by atoms with Crippen LogP contribution in [-0.4, -0.2) is 23.7 Å². The zero-order valence-electron chi connectivity index (χ0n) is 16.1. The van der Waals surface area contributed by atoms with Crippen molar-refractivity contribution >= 4 is 27.2 Å². The van der Waals surface area contributed by atoms with Gasteiger partial charge in [-0.3, -0.25) is 4.79 Å². The molecule has 154 valence electrons. The minimum atomic E-state index is -4.01. The summed E-state index contributed by atoms with van der Waals surface area (Å²) in [6.45, 7) is 1.83. The van der Waals surface area contributed by atoms with Crippen LogP contribution in [0.2, 0.25) is 0 Å². The Kier molecular flexibility index (Phi) is 5.01. The second-order valence-electron chi connectivity index (χ2n) is 6.67. The number of fused-ring (bicyclic) bond motifs is 1. The lowest BCUT2D eigenvalue weighted by atomic mass is 10.1. The highest BCUT2D eigenvalue weighted by Gasteiger charge is 2.23. The molecule has 0 saturated heterocycles. The van der Waals surface area contributed by atoms with Crippen LogP contribution in [0.4, 0.5) is 4.39 Å². The van der Waals surface area contributed by atoms with Gasteiger partial charge in [-0.25, -0.2) is 21.8 Å². The van der Waals surface area contributed by atoms with Gasteiger partial charge in [0, 0.05) is 29.9 Å². The van der Waals surface area contributed by atoms with Gasteiger partial charge < -0.3 is 4.74 Å². The summed E-state index contributed by atoms with van der Waals surface area (Å²) in [6.07, 6.45) is 2.97. The molecule has 0 unspecified atom stereocenters. The molecule has 2 aromatic carbocycles. The second-order valence-corrected chi connectivity index (χ2v) is 8.49. The molecule has 2 heterocycles. The lowest BCUT2D eigenvalue weighted by Crippen LogP contribution is -2.12. The Hall–Kier alpha value is -4.03. The Bertz CT molecular complexity index is 1470. The number of hydrogen-bond donors (Lipinski definition) is 0. The molecule has 0 bridgehead atoms. The molecule has 31 heavy (non-hydrogen) atoms. The molecule has 0 radical (unpaired) electrons. The van der Waals surface area contributed by atoms with Crippen molar-refractivity contribution in [3.63, 3.8) is 0 Å². The summed E-state index contributed by atoms with van der Waals surface area (Å²) in [5.41, 5.74) is 0.799. The zero-order valence-corrected chi connectivity index (χ0v) is 16.9. The lowest BCUT2D eigenvalue weighted by molar-refractivity contribution is 0.112. The van der Waals surface area contributed by atoms with Gasteiger partial charge in [0.15, 0.2) is 17.9 Å². The first-order chi connectivity index (χ1) is 14.8. The van der Waals surface area contributed by atoms with E-state index in [4.69, 9.17) is 10.00 Å². The first-order valence-corrected chi connectivity index (χ1v) is 10.4. The predicted octanol–water partition coefficient (Wildman–Crippen LogP) is 4.20. The summed E-state index contributed by atoms with van der Waals surface area (Å²) in [5.74, 6) is -1.19. The molecule has 0 fully saturated rings. The number of ether oxygens (including phenoxy) is 1. The highest BCUT2D eigenvalue weighted by molar-refractivity contribution is 7.90. The van der Waals surface area contributed by atoms with Gasteiger partial charge in [-0.1, -0.05) is 17.7 Å². The molecule has 0 aliphatic rings. The number of carbonyl (C=O) groups is 1. The van der Waals surface area contributed by atoms with Gasteiger partial charge in [0.05, 0.1) is 16.0 Å². The minimum absolute atomic E-state index is 0.0000303. The summed E-state index contributed by atoms with van der Waals surface area (Å²) in [6, 6.07) is 13.2. The van der Waals surface area contributed by atoms with Crippen molar-refractivity contribution in [2.75, 3.05) is 0 Å². The van der Waals surface area contributed by atoms with E-state index in [0.717, 1.165) is 15.6 Å². The zero-order chi connectivity index (χ0) is 22.2. The Labute approximate surface area is 177 Å². The monoisotopic (exact) mass is 435 g/mol. The maximum atomic E-state index is 15.0. The van der Waals surface area contributed by atoms with Crippen molar-refractivity contribution in [3.05, 3.63) is 83.6 Å². The van der Waals surface area contributed by atoms with Crippen LogP contribution in [0.15, 0.2) is 65.8 Å². The van der Waals surface area contributed by atoms with E-state index in [1.807, 2.05) is 13.0 Å². The van der Waals surface area contributed by atoms with Gasteiger partial charge >= 0.3 is 0 Å². The number of hydrogen-bond acceptors (Lipinski definition) is 6. The number of rotatable bonds is 5. The summed E-state index contributed by atoms with van der Waals surface area (Å²) >= 11 is 0. The maximum Gasteiger partial charge on any atom is 0.268 e. The molecule has 7 nitrogen and oxygen atoms in total. The Balaban J connectivity index is 1.86. The number of aryl methyl sites for hydroxylation is 1. The van der Waals surface area contributed by atoms with Crippen molar-refractivity contribution in [3.8, 4) is 17.6 Å². The fourth-order valence-electron chi connectivity index (χ4n) is 3.14. The molecule has 0 aliphatic carbocycles. The first kappa shape index (κ1) is 20.3. The van der Waals surface area contributed by atoms with Gasteiger partial charge in [-0.2, -0.15) is 5.26 Å². The van der Waals surface area contributed by atoms with Gasteiger partial charge in [0.25, 0.3) is 10.0 Å². The van der Waals surface area contributed by atoms with Gasteiger partial charge in [0.2, 0.25) is 0 Å². The number of aldehydes is 1. The number of benzene rings is 2. The smallest absolute Gasteiger partial charge is 0.268 e. The van der Waals surface area contributed by atoms with Crippen LogP contribution in [-0.2, 0) is 10.0 Å². The number of halogens is 1. The third-order valence-electron chi connectivity index (χ3n) is 4.67. The van der Waals surface area contributed by atoms with Crippen molar-refractivity contribution < 1.29 is 22.3 Å². The van der Waals surface area contributed by atoms with E-state index in [9.17, 15) is 17.6 Å². The fraction of sp³-hybridized carbons (Fsp3) is 0.0455. The van der Waals surface area contributed by atoms with E-state index in [0.29, 0.717) is 6.29 Å². The molecule has 4 aromatic rings. The normalized spacial score (nSPS) is 11.3. The molecule has 0 N–H and O–H groups in total. The van der Waals surface area contributed by atoms with Crippen molar-refractivity contribution in [1.29, 1.82) is 5.26 Å². The largest absolute Gasteiger partial charge is 0.453 e. The van der Waals surface area contributed by atoms with Crippen LogP contribution < -0.4 is 4.74 Å². The average Bonchev–Trinajstić information content (AvgIpc) is 3.19. The number of nitriles is 1. The number of nitrogens with zero attached hydrogens (tertiary/aromatic N) is 3. The summed E-state index contributed by atoms with van der Waals surface area (Å²) < 4.78 is 47.5. The molecule has 4 rings (SSSR count). The van der Waals surface area contributed by atoms with E-state index < -0.39 is 15.8 Å². The van der Waals surface area contributed by atoms with Gasteiger partial charge in [-0.05, 0) is 31.2 Å². The molecular weight excluding hydrogens is 421 g/mol. The summed E-state index contributed by atoms with van der Waals surface area (Å²) in [5, 5.41) is 9.16. The SMILES string of the molecule is Cc1ccc(S(=O)(=O)n2ccc3c(C=O)c(Oc4ccnc(C#N)c4)c(F)cc32)cc1. The van der Waals surface area contributed by atoms with Crippen molar-refractivity contribution in [2.45, 2.75) is 11.8 Å². The quantitative estimate of drug-likeness (QED) is 0.436. The highest BCUT2D eigenvalue weighted by Crippen LogP contribution is 2.35. The molecule has 2 aromatic heterocycles. The van der Waals surface area contributed by atoms with Crippen molar-refractivity contribution in [2.24, 2.45) is 0 Å². The van der Waals surface area contributed by atoms with E-state index in [1.165, 1.54) is 42.7 Å². The topological polar surface area (TPSA) is 102 Å². The number of pyridine rings is 1. The van der Waals surface area contributed by atoms with Crippen LogP contribution in [0.5, 0.6) is 11.5 Å². The molecule has 0 spiro atoms. The van der Waals surface area contributed by atoms with Crippen LogP contribution >= 0.6 is 0 Å². The molecule has 0 amide bonds. The van der Waals surface area contributed by atoms with Gasteiger partial charge in [0.1, 0.15) is 17.5 Å². The summed E-state index contributed by atoms with van der Waals surface area (Å²) in [4.78, 5) is 15.6. The summed E-state index contributed by atoms with van der Waals surface area (Å²) in [7, 11) is -4.01. The standard InChI is InChI=1S/C22H14FN3O4S/c1-14-2-4-17(5-3-14)31(28,29)26-9-7-18-19(13-27)22(20(23)11-21(18)26)30-16-6-8-25-15(10-16)12-24/h2-11,13H,1H3. The average molecular weight is 435 g/mol. The van der Waals surface area contributed by atoms with Crippen LogP contribution in [0.1, 0.15) is 21.6 Å². The van der Waals surface area contributed by atoms with E-state index in [-0.39, 0.29) is 38.6 Å². The Morgan fingerprint density at radius 2 is 1.90 bits per heavy atom. The molecular formula is C22H14FN3O4S.